The first-order chi connectivity index (χ1) is 8.38. The lowest BCUT2D eigenvalue weighted by Gasteiger charge is -2.32. The molecule has 1 aromatic heterocycles. The van der Waals surface area contributed by atoms with E-state index >= 15 is 0 Å². The van der Waals surface area contributed by atoms with Gasteiger partial charge >= 0.3 is 0 Å². The normalized spacial score (nSPS) is 21.6. The van der Waals surface area contributed by atoms with Gasteiger partial charge in [-0.1, -0.05) is 0 Å². The summed E-state index contributed by atoms with van der Waals surface area (Å²) >= 11 is 0. The number of likely N-dealkylation sites (tertiary alicyclic amines) is 1. The second-order valence-electron chi connectivity index (χ2n) is 4.67. The van der Waals surface area contributed by atoms with E-state index in [0.29, 0.717) is 5.92 Å². The van der Waals surface area contributed by atoms with Crippen LogP contribution in [-0.2, 0) is 11.2 Å². The molecule has 4 heteroatoms. The maximum absolute atomic E-state index is 5.13. The fraction of sp³-hybridized carbons (Fsp3) is 0.692. The molecule has 0 spiro atoms. The molecular formula is C13H21N3O. The number of methoxy groups -OCH3 is 1. The van der Waals surface area contributed by atoms with Crippen LogP contribution in [0.1, 0.15) is 18.7 Å². The topological polar surface area (TPSA) is 38.2 Å². The molecule has 1 fully saturated rings. The van der Waals surface area contributed by atoms with Crippen LogP contribution in [-0.4, -0.2) is 48.2 Å². The molecule has 17 heavy (non-hydrogen) atoms. The zero-order chi connectivity index (χ0) is 11.9. The Morgan fingerprint density at radius 3 is 3.00 bits per heavy atom. The van der Waals surface area contributed by atoms with Crippen molar-refractivity contribution in [2.75, 3.05) is 33.4 Å². The van der Waals surface area contributed by atoms with Gasteiger partial charge in [-0.3, -0.25) is 0 Å². The van der Waals surface area contributed by atoms with Crippen molar-refractivity contribution in [1.29, 1.82) is 0 Å². The third-order valence-electron chi connectivity index (χ3n) is 3.31. The zero-order valence-corrected chi connectivity index (χ0v) is 10.5. The van der Waals surface area contributed by atoms with Crippen LogP contribution in [0.25, 0.3) is 0 Å². The number of hydrogen-bond donors (Lipinski definition) is 0. The number of aromatic nitrogens is 2. The van der Waals surface area contributed by atoms with Crippen molar-refractivity contribution >= 4 is 0 Å². The minimum absolute atomic E-state index is 0.697. The maximum atomic E-state index is 5.13. The lowest BCUT2D eigenvalue weighted by Crippen LogP contribution is -2.38. The molecule has 0 aliphatic carbocycles. The minimum atomic E-state index is 0.697. The molecule has 4 nitrogen and oxygen atoms in total. The van der Waals surface area contributed by atoms with Crippen LogP contribution in [0.3, 0.4) is 0 Å². The first-order valence-corrected chi connectivity index (χ1v) is 6.35. The van der Waals surface area contributed by atoms with Crippen LogP contribution in [0, 0.1) is 5.92 Å². The van der Waals surface area contributed by atoms with Gasteiger partial charge in [-0.2, -0.15) is 0 Å². The van der Waals surface area contributed by atoms with Crippen molar-refractivity contribution in [3.8, 4) is 0 Å². The van der Waals surface area contributed by atoms with E-state index in [1.807, 2.05) is 18.5 Å². The predicted molar refractivity (Wildman–Crippen MR) is 66.8 cm³/mol. The molecule has 2 heterocycles. The van der Waals surface area contributed by atoms with Crippen molar-refractivity contribution in [3.05, 3.63) is 24.3 Å². The zero-order valence-electron chi connectivity index (χ0n) is 10.5. The predicted octanol–water partition coefficient (Wildman–Crippen LogP) is 1.38. The average Bonchev–Trinajstić information content (AvgIpc) is 2.38. The molecule has 1 saturated heterocycles. The van der Waals surface area contributed by atoms with Crippen molar-refractivity contribution < 1.29 is 4.74 Å². The van der Waals surface area contributed by atoms with Crippen LogP contribution in [0.5, 0.6) is 0 Å². The van der Waals surface area contributed by atoms with Crippen molar-refractivity contribution in [2.45, 2.75) is 19.3 Å². The van der Waals surface area contributed by atoms with E-state index in [2.05, 4.69) is 14.9 Å². The van der Waals surface area contributed by atoms with Gasteiger partial charge in [-0.25, -0.2) is 9.97 Å². The molecule has 1 aromatic rings. The summed E-state index contributed by atoms with van der Waals surface area (Å²) in [7, 11) is 1.76. The third kappa shape index (κ3) is 4.06. The van der Waals surface area contributed by atoms with Gasteiger partial charge < -0.3 is 9.64 Å². The average molecular weight is 235 g/mol. The Hall–Kier alpha value is -1.00. The van der Waals surface area contributed by atoms with E-state index in [4.69, 9.17) is 4.74 Å². The lowest BCUT2D eigenvalue weighted by molar-refractivity contribution is 0.114. The molecule has 94 valence electrons. The van der Waals surface area contributed by atoms with Gasteiger partial charge in [-0.15, -0.1) is 0 Å². The van der Waals surface area contributed by atoms with Gasteiger partial charge in [0, 0.05) is 39.0 Å². The summed E-state index contributed by atoms with van der Waals surface area (Å²) in [6.07, 6.45) is 7.23. The molecule has 1 atom stereocenters. The quantitative estimate of drug-likeness (QED) is 0.773. The second-order valence-corrected chi connectivity index (χ2v) is 4.67. The highest BCUT2D eigenvalue weighted by atomic mass is 16.5. The highest BCUT2D eigenvalue weighted by Gasteiger charge is 2.20. The van der Waals surface area contributed by atoms with Crippen molar-refractivity contribution in [2.24, 2.45) is 5.92 Å². The van der Waals surface area contributed by atoms with E-state index in [0.717, 1.165) is 31.9 Å². The molecule has 1 aliphatic rings. The monoisotopic (exact) mass is 235 g/mol. The van der Waals surface area contributed by atoms with E-state index in [1.54, 1.807) is 7.11 Å². The Labute approximate surface area is 103 Å². The van der Waals surface area contributed by atoms with Gasteiger partial charge in [0.1, 0.15) is 5.82 Å². The van der Waals surface area contributed by atoms with Crippen molar-refractivity contribution in [1.82, 2.24) is 14.9 Å². The number of ether oxygens (including phenoxy) is 1. The van der Waals surface area contributed by atoms with E-state index in [-0.39, 0.29) is 0 Å². The highest BCUT2D eigenvalue weighted by Crippen LogP contribution is 2.19. The number of piperidine rings is 1. The summed E-state index contributed by atoms with van der Waals surface area (Å²) in [5.74, 6) is 1.68. The Bertz CT molecular complexity index is 318. The molecule has 1 aliphatic heterocycles. The Kier molecular flexibility index (Phi) is 4.88. The smallest absolute Gasteiger partial charge is 0.128 e. The molecule has 0 aromatic carbocycles. The molecule has 0 N–H and O–H groups in total. The maximum Gasteiger partial charge on any atom is 0.128 e. The molecule has 0 bridgehead atoms. The fourth-order valence-corrected chi connectivity index (χ4v) is 2.43. The summed E-state index contributed by atoms with van der Waals surface area (Å²) in [5, 5.41) is 0. The third-order valence-corrected chi connectivity index (χ3v) is 3.31. The Morgan fingerprint density at radius 1 is 1.41 bits per heavy atom. The van der Waals surface area contributed by atoms with Gasteiger partial charge in [0.05, 0.1) is 6.61 Å². The van der Waals surface area contributed by atoms with Gasteiger partial charge in [0.25, 0.3) is 0 Å². The van der Waals surface area contributed by atoms with Gasteiger partial charge in [-0.05, 0) is 31.4 Å². The van der Waals surface area contributed by atoms with Gasteiger partial charge in [0.15, 0.2) is 0 Å². The fourth-order valence-electron chi connectivity index (χ4n) is 2.43. The summed E-state index contributed by atoms with van der Waals surface area (Å²) < 4.78 is 5.13. The standard InChI is InChI=1S/C13H21N3O/c1-17-9-8-16-7-2-4-12(11-16)10-13-14-5-3-6-15-13/h3,5-6,12H,2,4,7-11H2,1H3. The number of hydrogen-bond acceptors (Lipinski definition) is 4. The molecule has 0 amide bonds. The van der Waals surface area contributed by atoms with Crippen LogP contribution in [0.15, 0.2) is 18.5 Å². The summed E-state index contributed by atoms with van der Waals surface area (Å²) in [6, 6.07) is 1.87. The van der Waals surface area contributed by atoms with E-state index in [9.17, 15) is 0 Å². The SMILES string of the molecule is COCCN1CCCC(Cc2ncccn2)C1. The molecule has 0 radical (unpaired) electrons. The largest absolute Gasteiger partial charge is 0.383 e. The van der Waals surface area contributed by atoms with Crippen LogP contribution in [0.4, 0.5) is 0 Å². The Morgan fingerprint density at radius 2 is 2.24 bits per heavy atom. The first-order valence-electron chi connectivity index (χ1n) is 6.35. The van der Waals surface area contributed by atoms with Crippen LogP contribution in [0.2, 0.25) is 0 Å². The Balaban J connectivity index is 1.81. The number of rotatable bonds is 5. The van der Waals surface area contributed by atoms with E-state index in [1.165, 1.54) is 19.4 Å². The van der Waals surface area contributed by atoms with Crippen molar-refractivity contribution in [3.63, 3.8) is 0 Å². The first kappa shape index (κ1) is 12.5. The molecular weight excluding hydrogens is 214 g/mol. The minimum Gasteiger partial charge on any atom is -0.383 e. The highest BCUT2D eigenvalue weighted by molar-refractivity contribution is 4.91. The van der Waals surface area contributed by atoms with Crippen LogP contribution >= 0.6 is 0 Å². The molecule has 2 rings (SSSR count). The van der Waals surface area contributed by atoms with Gasteiger partial charge in [0.2, 0.25) is 0 Å². The molecule has 1 unspecified atom stereocenters. The summed E-state index contributed by atoms with van der Waals surface area (Å²) in [4.78, 5) is 11.1. The number of nitrogens with zero attached hydrogens (tertiary/aromatic N) is 3. The summed E-state index contributed by atoms with van der Waals surface area (Å²) in [5.41, 5.74) is 0. The van der Waals surface area contributed by atoms with E-state index < -0.39 is 0 Å². The molecule has 0 saturated carbocycles. The second kappa shape index (κ2) is 6.67. The lowest BCUT2D eigenvalue weighted by atomic mass is 9.94. The summed E-state index contributed by atoms with van der Waals surface area (Å²) in [6.45, 7) is 4.23. The van der Waals surface area contributed by atoms with Crippen LogP contribution < -0.4 is 0 Å².